The third-order valence-electron chi connectivity index (χ3n) is 3.12. The SMILES string of the molecule is COc1ccc(/C=C/C(=O)OCCCCCCO)cc1OC. The van der Waals surface area contributed by atoms with E-state index in [9.17, 15) is 4.79 Å². The van der Waals surface area contributed by atoms with Crippen LogP contribution in [0.4, 0.5) is 0 Å². The molecule has 0 aromatic heterocycles. The maximum absolute atomic E-state index is 11.6. The van der Waals surface area contributed by atoms with E-state index in [1.807, 2.05) is 6.07 Å². The van der Waals surface area contributed by atoms with Crippen molar-refractivity contribution < 1.29 is 24.1 Å². The number of carbonyl (C=O) groups excluding carboxylic acids is 1. The highest BCUT2D eigenvalue weighted by Gasteiger charge is 2.03. The maximum atomic E-state index is 11.6. The monoisotopic (exact) mass is 308 g/mol. The number of hydrogen-bond donors (Lipinski definition) is 1. The van der Waals surface area contributed by atoms with Crippen LogP contribution >= 0.6 is 0 Å². The van der Waals surface area contributed by atoms with Crippen molar-refractivity contribution in [1.29, 1.82) is 0 Å². The van der Waals surface area contributed by atoms with Gasteiger partial charge in [0.25, 0.3) is 0 Å². The third-order valence-corrected chi connectivity index (χ3v) is 3.12. The minimum atomic E-state index is -0.364. The molecule has 0 fully saturated rings. The summed E-state index contributed by atoms with van der Waals surface area (Å²) < 4.78 is 15.5. The lowest BCUT2D eigenvalue weighted by Gasteiger charge is -2.07. The normalized spacial score (nSPS) is 10.7. The first kappa shape index (κ1) is 18.0. The molecule has 0 saturated carbocycles. The number of carbonyl (C=O) groups is 1. The summed E-state index contributed by atoms with van der Waals surface area (Å²) in [6.07, 6.45) is 6.59. The molecule has 122 valence electrons. The lowest BCUT2D eigenvalue weighted by Crippen LogP contribution is -2.02. The summed E-state index contributed by atoms with van der Waals surface area (Å²) in [7, 11) is 3.14. The molecular formula is C17H24O5. The summed E-state index contributed by atoms with van der Waals surface area (Å²) in [5.74, 6) is 0.893. The van der Waals surface area contributed by atoms with Crippen molar-refractivity contribution in [3.05, 3.63) is 29.8 Å². The summed E-state index contributed by atoms with van der Waals surface area (Å²) >= 11 is 0. The Hall–Kier alpha value is -2.01. The van der Waals surface area contributed by atoms with Gasteiger partial charge in [0.2, 0.25) is 0 Å². The number of ether oxygens (including phenoxy) is 3. The zero-order valence-electron chi connectivity index (χ0n) is 13.2. The molecule has 1 rings (SSSR count). The van der Waals surface area contributed by atoms with Gasteiger partial charge in [0.05, 0.1) is 20.8 Å². The fourth-order valence-electron chi connectivity index (χ4n) is 1.91. The van der Waals surface area contributed by atoms with Gasteiger partial charge in [-0.1, -0.05) is 12.5 Å². The van der Waals surface area contributed by atoms with Crippen molar-refractivity contribution in [2.75, 3.05) is 27.4 Å². The molecular weight excluding hydrogens is 284 g/mol. The van der Waals surface area contributed by atoms with Gasteiger partial charge in [0.15, 0.2) is 11.5 Å². The highest BCUT2D eigenvalue weighted by Crippen LogP contribution is 2.27. The summed E-state index contributed by atoms with van der Waals surface area (Å²) in [6.45, 7) is 0.619. The first-order valence-corrected chi connectivity index (χ1v) is 7.39. The van der Waals surface area contributed by atoms with E-state index in [1.165, 1.54) is 6.08 Å². The Labute approximate surface area is 131 Å². The number of benzene rings is 1. The van der Waals surface area contributed by atoms with Crippen LogP contribution in [0.25, 0.3) is 6.08 Å². The smallest absolute Gasteiger partial charge is 0.330 e. The van der Waals surface area contributed by atoms with Gasteiger partial charge in [-0.05, 0) is 43.0 Å². The molecule has 0 unspecified atom stereocenters. The van der Waals surface area contributed by atoms with E-state index in [0.717, 1.165) is 31.2 Å². The van der Waals surface area contributed by atoms with Crippen LogP contribution < -0.4 is 9.47 Å². The van der Waals surface area contributed by atoms with Crippen LogP contribution in [0.15, 0.2) is 24.3 Å². The Balaban J connectivity index is 2.39. The van der Waals surface area contributed by atoms with E-state index < -0.39 is 0 Å². The van der Waals surface area contributed by atoms with E-state index in [4.69, 9.17) is 19.3 Å². The van der Waals surface area contributed by atoms with E-state index >= 15 is 0 Å². The number of rotatable bonds is 10. The van der Waals surface area contributed by atoms with E-state index in [-0.39, 0.29) is 12.6 Å². The quantitative estimate of drug-likeness (QED) is 0.409. The lowest BCUT2D eigenvalue weighted by molar-refractivity contribution is -0.137. The van der Waals surface area contributed by atoms with Gasteiger partial charge >= 0.3 is 5.97 Å². The number of aliphatic hydroxyl groups excluding tert-OH is 1. The highest BCUT2D eigenvalue weighted by molar-refractivity contribution is 5.87. The molecule has 0 aliphatic rings. The standard InChI is InChI=1S/C17H24O5/c1-20-15-9-7-14(13-16(15)21-2)8-10-17(19)22-12-6-4-3-5-11-18/h7-10,13,18H,3-6,11-12H2,1-2H3/b10-8+. The average Bonchev–Trinajstić information content (AvgIpc) is 2.55. The molecule has 0 aliphatic carbocycles. The Kier molecular flexibility index (Phi) is 8.76. The van der Waals surface area contributed by atoms with Gasteiger partial charge in [-0.15, -0.1) is 0 Å². The number of aliphatic hydroxyl groups is 1. The molecule has 5 heteroatoms. The molecule has 0 bridgehead atoms. The van der Waals surface area contributed by atoms with Gasteiger partial charge in [-0.3, -0.25) is 0 Å². The van der Waals surface area contributed by atoms with Gasteiger partial charge in [-0.2, -0.15) is 0 Å². The lowest BCUT2D eigenvalue weighted by atomic mass is 10.2. The molecule has 1 aromatic rings. The largest absolute Gasteiger partial charge is 0.493 e. The molecule has 5 nitrogen and oxygen atoms in total. The first-order valence-electron chi connectivity index (χ1n) is 7.39. The van der Waals surface area contributed by atoms with E-state index in [1.54, 1.807) is 32.4 Å². The van der Waals surface area contributed by atoms with Crippen molar-refractivity contribution >= 4 is 12.0 Å². The van der Waals surface area contributed by atoms with Crippen LogP contribution in [0, 0.1) is 0 Å². The molecule has 0 aliphatic heterocycles. The molecule has 0 heterocycles. The van der Waals surface area contributed by atoms with Gasteiger partial charge in [-0.25, -0.2) is 4.79 Å². The van der Waals surface area contributed by atoms with E-state index in [0.29, 0.717) is 18.1 Å². The van der Waals surface area contributed by atoms with Crippen molar-refractivity contribution in [2.24, 2.45) is 0 Å². The second-order valence-corrected chi connectivity index (χ2v) is 4.75. The number of methoxy groups -OCH3 is 2. The average molecular weight is 308 g/mol. The Bertz CT molecular complexity index is 482. The summed E-state index contributed by atoms with van der Waals surface area (Å²) in [6, 6.07) is 5.41. The summed E-state index contributed by atoms with van der Waals surface area (Å²) in [5, 5.41) is 8.65. The Morgan fingerprint density at radius 2 is 1.82 bits per heavy atom. The summed E-state index contributed by atoms with van der Waals surface area (Å²) in [4.78, 5) is 11.6. The van der Waals surface area contributed by atoms with Crippen LogP contribution in [0.2, 0.25) is 0 Å². The minimum Gasteiger partial charge on any atom is -0.493 e. The second kappa shape index (κ2) is 10.7. The number of unbranched alkanes of at least 4 members (excludes halogenated alkanes) is 3. The van der Waals surface area contributed by atoms with Crippen molar-refractivity contribution in [3.63, 3.8) is 0 Å². The highest BCUT2D eigenvalue weighted by atomic mass is 16.5. The Morgan fingerprint density at radius 3 is 2.50 bits per heavy atom. The topological polar surface area (TPSA) is 65.0 Å². The fraction of sp³-hybridized carbons (Fsp3) is 0.471. The van der Waals surface area contributed by atoms with Crippen LogP contribution in [0.1, 0.15) is 31.2 Å². The van der Waals surface area contributed by atoms with Crippen molar-refractivity contribution in [3.8, 4) is 11.5 Å². The Morgan fingerprint density at radius 1 is 1.09 bits per heavy atom. The van der Waals surface area contributed by atoms with Crippen LogP contribution in [0.5, 0.6) is 11.5 Å². The van der Waals surface area contributed by atoms with E-state index in [2.05, 4.69) is 0 Å². The van der Waals surface area contributed by atoms with Crippen molar-refractivity contribution in [1.82, 2.24) is 0 Å². The van der Waals surface area contributed by atoms with Gasteiger partial charge in [0, 0.05) is 12.7 Å². The fourth-order valence-corrected chi connectivity index (χ4v) is 1.91. The van der Waals surface area contributed by atoms with Crippen molar-refractivity contribution in [2.45, 2.75) is 25.7 Å². The minimum absolute atomic E-state index is 0.216. The molecule has 0 atom stereocenters. The molecule has 0 spiro atoms. The van der Waals surface area contributed by atoms with Gasteiger partial charge in [0.1, 0.15) is 0 Å². The third kappa shape index (κ3) is 6.63. The van der Waals surface area contributed by atoms with Crippen LogP contribution in [-0.4, -0.2) is 38.5 Å². The number of esters is 1. The predicted octanol–water partition coefficient (Wildman–Crippen LogP) is 2.81. The first-order chi connectivity index (χ1) is 10.7. The summed E-state index contributed by atoms with van der Waals surface area (Å²) in [5.41, 5.74) is 0.831. The molecule has 0 amide bonds. The maximum Gasteiger partial charge on any atom is 0.330 e. The zero-order chi connectivity index (χ0) is 16.2. The molecule has 0 radical (unpaired) electrons. The van der Waals surface area contributed by atoms with Crippen LogP contribution in [-0.2, 0) is 9.53 Å². The molecule has 1 aromatic carbocycles. The second-order valence-electron chi connectivity index (χ2n) is 4.75. The molecule has 1 N–H and O–H groups in total. The van der Waals surface area contributed by atoms with Crippen LogP contribution in [0.3, 0.4) is 0 Å². The molecule has 22 heavy (non-hydrogen) atoms. The predicted molar refractivity (Wildman–Crippen MR) is 85.1 cm³/mol. The number of hydrogen-bond acceptors (Lipinski definition) is 5. The van der Waals surface area contributed by atoms with Gasteiger partial charge < -0.3 is 19.3 Å². The zero-order valence-corrected chi connectivity index (χ0v) is 13.2. The molecule has 0 saturated heterocycles.